The van der Waals surface area contributed by atoms with Crippen molar-refractivity contribution in [1.82, 2.24) is 0 Å². The summed E-state index contributed by atoms with van der Waals surface area (Å²) in [5.41, 5.74) is 0. The van der Waals surface area contributed by atoms with Gasteiger partial charge in [0, 0.05) is 5.97 Å². The number of rotatable bonds is 0. The van der Waals surface area contributed by atoms with Crippen LogP contribution in [0.4, 0.5) is 0 Å². The van der Waals surface area contributed by atoms with Gasteiger partial charge in [0.05, 0.1) is 0 Å². The molecule has 0 unspecified atom stereocenters. The molecule has 0 amide bonds. The molecule has 0 atom stereocenters. The quantitative estimate of drug-likeness (QED) is 0.444. The third-order valence-electron chi connectivity index (χ3n) is 0. The zero-order valence-corrected chi connectivity index (χ0v) is 5.72. The summed E-state index contributed by atoms with van der Waals surface area (Å²) >= 11 is 0. The molecule has 0 saturated carbocycles. The second-order valence-electron chi connectivity index (χ2n) is 0.492. The summed E-state index contributed by atoms with van der Waals surface area (Å²) in [6, 6.07) is 0. The van der Waals surface area contributed by atoms with Gasteiger partial charge in [-0.15, -0.1) is 0 Å². The van der Waals surface area contributed by atoms with Gasteiger partial charge >= 0.3 is 26.2 Å². The third-order valence-corrected chi connectivity index (χ3v) is 0. The molecule has 0 rings (SSSR count). The van der Waals surface area contributed by atoms with E-state index in [0.717, 1.165) is 6.92 Å². The van der Waals surface area contributed by atoms with Gasteiger partial charge in [-0.05, 0) is 6.92 Å². The first-order valence-electron chi connectivity index (χ1n) is 0.908. The van der Waals surface area contributed by atoms with E-state index in [9.17, 15) is 0 Å². The van der Waals surface area contributed by atoms with Crippen molar-refractivity contribution in [1.29, 1.82) is 0 Å². The minimum Gasteiger partial charge on any atom is -0.870 e. The van der Waals surface area contributed by atoms with Crippen molar-refractivity contribution in [2.45, 2.75) is 6.92 Å². The van der Waals surface area contributed by atoms with Gasteiger partial charge in [-0.1, -0.05) is 0 Å². The molecule has 0 aromatic carbocycles. The van der Waals surface area contributed by atoms with E-state index in [2.05, 4.69) is 0 Å². The zero-order valence-electron chi connectivity index (χ0n) is 3.26. The molecular formula is C2H4O3Zr+2. The molecule has 6 heavy (non-hydrogen) atoms. The van der Waals surface area contributed by atoms with E-state index < -0.39 is 5.97 Å². The van der Waals surface area contributed by atoms with Gasteiger partial charge < -0.3 is 15.4 Å². The van der Waals surface area contributed by atoms with Crippen LogP contribution in [0.2, 0.25) is 0 Å². The Balaban J connectivity index is -0.0000000450. The first-order chi connectivity index (χ1) is 1.73. The molecule has 0 aliphatic rings. The van der Waals surface area contributed by atoms with Crippen LogP contribution in [0.25, 0.3) is 0 Å². The van der Waals surface area contributed by atoms with Gasteiger partial charge in [-0.3, -0.25) is 0 Å². The van der Waals surface area contributed by atoms with Gasteiger partial charge in [0.1, 0.15) is 0 Å². The molecule has 3 nitrogen and oxygen atoms in total. The molecule has 0 saturated heterocycles. The molecular weight excluding hydrogens is 163 g/mol. The fourth-order valence-electron chi connectivity index (χ4n) is 0. The number of hydrogen-bond acceptors (Lipinski definition) is 3. The van der Waals surface area contributed by atoms with E-state index in [0.29, 0.717) is 0 Å². The zero-order chi connectivity index (χ0) is 3.58. The van der Waals surface area contributed by atoms with Crippen molar-refractivity contribution in [3.63, 3.8) is 0 Å². The normalized spacial score (nSPS) is 4.17. The van der Waals surface area contributed by atoms with Crippen LogP contribution in [0, 0.1) is 0 Å². The Bertz CT molecular complexity index is 31.8. The van der Waals surface area contributed by atoms with Crippen molar-refractivity contribution in [3.8, 4) is 0 Å². The van der Waals surface area contributed by atoms with Gasteiger partial charge in [0.15, 0.2) is 0 Å². The van der Waals surface area contributed by atoms with Crippen molar-refractivity contribution < 1.29 is 41.6 Å². The summed E-state index contributed by atoms with van der Waals surface area (Å²) in [5, 5.41) is 8.89. The number of carbonyl (C=O) groups excluding carboxylic acids is 1. The van der Waals surface area contributed by atoms with Gasteiger partial charge in [0.25, 0.3) is 0 Å². The first-order valence-corrected chi connectivity index (χ1v) is 0.908. The van der Waals surface area contributed by atoms with Crippen LogP contribution in [0.5, 0.6) is 0 Å². The maximum atomic E-state index is 8.89. The molecule has 4 heteroatoms. The second-order valence-corrected chi connectivity index (χ2v) is 0.492. The average molecular weight is 167 g/mol. The monoisotopic (exact) mass is 166 g/mol. The molecule has 0 radical (unpaired) electrons. The van der Waals surface area contributed by atoms with Crippen molar-refractivity contribution in [2.75, 3.05) is 0 Å². The smallest absolute Gasteiger partial charge is 0.870 e. The largest absolute Gasteiger partial charge is 4.00 e. The van der Waals surface area contributed by atoms with Crippen LogP contribution in [-0.4, -0.2) is 11.4 Å². The molecule has 1 N–H and O–H groups in total. The Morgan fingerprint density at radius 1 is 1.67 bits per heavy atom. The summed E-state index contributed by atoms with van der Waals surface area (Å²) in [7, 11) is 0. The molecule has 0 spiro atoms. The number of carboxylic acids is 1. The van der Waals surface area contributed by atoms with Crippen molar-refractivity contribution in [3.05, 3.63) is 0 Å². The van der Waals surface area contributed by atoms with E-state index in [1.807, 2.05) is 0 Å². The Morgan fingerprint density at radius 2 is 1.67 bits per heavy atom. The molecule has 0 aliphatic carbocycles. The van der Waals surface area contributed by atoms with E-state index in [4.69, 9.17) is 9.90 Å². The van der Waals surface area contributed by atoms with E-state index >= 15 is 0 Å². The Labute approximate surface area is 54.8 Å². The van der Waals surface area contributed by atoms with Crippen LogP contribution >= 0.6 is 0 Å². The molecule has 0 fully saturated rings. The predicted octanol–water partition coefficient (Wildman–Crippen LogP) is -1.42. The number of carbonyl (C=O) groups is 1. The Kier molecular flexibility index (Phi) is 24.4. The molecule has 0 aromatic rings. The minimum absolute atomic E-state index is 0. The Morgan fingerprint density at radius 3 is 1.67 bits per heavy atom. The summed E-state index contributed by atoms with van der Waals surface area (Å²) < 4.78 is 0. The summed E-state index contributed by atoms with van der Waals surface area (Å²) in [6.07, 6.45) is 0. The molecule has 0 heterocycles. The second kappa shape index (κ2) is 9.00. The number of aliphatic carboxylic acids is 1. The van der Waals surface area contributed by atoms with Crippen LogP contribution in [0.3, 0.4) is 0 Å². The van der Waals surface area contributed by atoms with Gasteiger partial charge in [-0.25, -0.2) is 0 Å². The maximum absolute atomic E-state index is 8.89. The topological polar surface area (TPSA) is 70.1 Å². The molecule has 0 aromatic heterocycles. The molecule has 32 valence electrons. The molecule has 0 bridgehead atoms. The number of hydrogen-bond donors (Lipinski definition) is 0. The first kappa shape index (κ1) is 16.2. The summed E-state index contributed by atoms with van der Waals surface area (Å²) in [4.78, 5) is 8.89. The van der Waals surface area contributed by atoms with E-state index in [-0.39, 0.29) is 31.7 Å². The predicted molar refractivity (Wildman–Crippen MR) is 12.6 cm³/mol. The van der Waals surface area contributed by atoms with E-state index in [1.165, 1.54) is 0 Å². The maximum Gasteiger partial charge on any atom is 4.00 e. The average Bonchev–Trinajstić information content (AvgIpc) is 0.811. The summed E-state index contributed by atoms with van der Waals surface area (Å²) in [5.74, 6) is -1.08. The summed E-state index contributed by atoms with van der Waals surface area (Å²) in [6.45, 7) is 0.972. The minimum atomic E-state index is -1.08. The van der Waals surface area contributed by atoms with Crippen molar-refractivity contribution in [2.24, 2.45) is 0 Å². The fraction of sp³-hybridized carbons (Fsp3) is 0.500. The third kappa shape index (κ3) is 483. The van der Waals surface area contributed by atoms with E-state index in [1.54, 1.807) is 0 Å². The van der Waals surface area contributed by atoms with Crippen LogP contribution in [0.15, 0.2) is 0 Å². The number of carboxylic acid groups (broad SMARTS) is 1. The molecule has 0 aliphatic heterocycles. The fourth-order valence-corrected chi connectivity index (χ4v) is 0. The van der Waals surface area contributed by atoms with Crippen LogP contribution in [-0.2, 0) is 31.0 Å². The van der Waals surface area contributed by atoms with Gasteiger partial charge in [0.2, 0.25) is 0 Å². The van der Waals surface area contributed by atoms with Crippen molar-refractivity contribution >= 4 is 5.97 Å². The SMILES string of the molecule is CC(=O)[O-].[OH-].[Zr+4]. The Hall–Kier alpha value is 0.313. The standard InChI is InChI=1S/C2H4O2.H2O.Zr/c1-2(3)4;;/h1H3,(H,3,4);1H2;/q;;+4/p-2. The van der Waals surface area contributed by atoms with Crippen LogP contribution < -0.4 is 5.11 Å². The van der Waals surface area contributed by atoms with Gasteiger partial charge in [-0.2, -0.15) is 0 Å². The van der Waals surface area contributed by atoms with Crippen LogP contribution in [0.1, 0.15) is 6.92 Å².